The minimum atomic E-state index is -3.79. The Bertz CT molecular complexity index is 749. The maximum Gasteiger partial charge on any atom is 0.339 e. The van der Waals surface area contributed by atoms with Crippen LogP contribution in [0.25, 0.3) is 0 Å². The average molecular weight is 332 g/mol. The summed E-state index contributed by atoms with van der Waals surface area (Å²) in [6.07, 6.45) is 0. The molecule has 0 unspecified atom stereocenters. The van der Waals surface area contributed by atoms with Crippen molar-refractivity contribution < 1.29 is 12.6 Å². The minimum Gasteiger partial charge on any atom is -0.379 e. The summed E-state index contributed by atoms with van der Waals surface area (Å²) >= 11 is 0. The van der Waals surface area contributed by atoms with E-state index in [0.29, 0.717) is 5.75 Å². The number of anilines is 1. The number of aryl methyl sites for hydroxylation is 1. The molecule has 1 aliphatic heterocycles. The van der Waals surface area contributed by atoms with Crippen molar-refractivity contribution in [1.29, 1.82) is 0 Å². The molecule has 0 saturated carbocycles. The van der Waals surface area contributed by atoms with Gasteiger partial charge in [-0.1, -0.05) is 17.7 Å². The van der Waals surface area contributed by atoms with E-state index in [2.05, 4.69) is 10.2 Å². The predicted octanol–water partition coefficient (Wildman–Crippen LogP) is 2.17. The van der Waals surface area contributed by atoms with E-state index >= 15 is 0 Å². The van der Waals surface area contributed by atoms with Gasteiger partial charge < -0.3 is 14.4 Å². The second kappa shape index (κ2) is 6.60. The molecule has 1 fully saturated rings. The lowest BCUT2D eigenvalue weighted by atomic mass is 10.2. The van der Waals surface area contributed by atoms with Gasteiger partial charge in [-0.05, 0) is 43.3 Å². The average Bonchev–Trinajstić information content (AvgIpc) is 2.56. The highest BCUT2D eigenvalue weighted by Crippen LogP contribution is 2.23. The molecule has 0 aromatic heterocycles. The van der Waals surface area contributed by atoms with E-state index in [4.69, 9.17) is 4.18 Å². The van der Waals surface area contributed by atoms with Gasteiger partial charge >= 0.3 is 10.1 Å². The number of benzene rings is 2. The normalized spacial score (nSPS) is 15.4. The fourth-order valence-corrected chi connectivity index (χ4v) is 3.45. The van der Waals surface area contributed by atoms with Crippen LogP contribution in [0.5, 0.6) is 5.75 Å². The van der Waals surface area contributed by atoms with Gasteiger partial charge in [0.25, 0.3) is 0 Å². The Balaban J connectivity index is 1.73. The van der Waals surface area contributed by atoms with E-state index in [-0.39, 0.29) is 4.90 Å². The van der Waals surface area contributed by atoms with Crippen LogP contribution in [0.2, 0.25) is 0 Å². The van der Waals surface area contributed by atoms with E-state index in [0.717, 1.165) is 37.4 Å². The minimum absolute atomic E-state index is 0.161. The third kappa shape index (κ3) is 3.83. The van der Waals surface area contributed by atoms with Crippen molar-refractivity contribution in [2.24, 2.45) is 0 Å². The lowest BCUT2D eigenvalue weighted by molar-refractivity contribution is 0.486. The van der Waals surface area contributed by atoms with Crippen LogP contribution in [0.4, 0.5) is 5.69 Å². The summed E-state index contributed by atoms with van der Waals surface area (Å²) in [5.41, 5.74) is 2.08. The predicted molar refractivity (Wildman–Crippen MR) is 90.5 cm³/mol. The molecule has 0 atom stereocenters. The zero-order chi connectivity index (χ0) is 16.3. The fraction of sp³-hybridized carbons (Fsp3) is 0.294. The zero-order valence-corrected chi connectivity index (χ0v) is 13.8. The van der Waals surface area contributed by atoms with Gasteiger partial charge in [-0.3, -0.25) is 0 Å². The largest absolute Gasteiger partial charge is 0.379 e. The molecule has 0 aliphatic carbocycles. The maximum absolute atomic E-state index is 12.3. The second-order valence-electron chi connectivity index (χ2n) is 5.58. The molecule has 23 heavy (non-hydrogen) atoms. The molecular formula is C17H20N2O3S. The summed E-state index contributed by atoms with van der Waals surface area (Å²) < 4.78 is 29.7. The van der Waals surface area contributed by atoms with E-state index in [1.54, 1.807) is 36.4 Å². The van der Waals surface area contributed by atoms with Gasteiger partial charge in [0.05, 0.1) is 0 Å². The van der Waals surface area contributed by atoms with Crippen LogP contribution in [0.15, 0.2) is 53.4 Å². The van der Waals surface area contributed by atoms with Gasteiger partial charge in [-0.25, -0.2) is 0 Å². The molecular weight excluding hydrogens is 312 g/mol. The third-order valence-corrected chi connectivity index (χ3v) is 5.10. The van der Waals surface area contributed by atoms with Crippen molar-refractivity contribution in [3.8, 4) is 5.75 Å². The lowest BCUT2D eigenvalue weighted by Crippen LogP contribution is -2.43. The fourth-order valence-electron chi connectivity index (χ4n) is 2.52. The summed E-state index contributed by atoms with van der Waals surface area (Å²) in [4.78, 5) is 2.42. The molecule has 1 N–H and O–H groups in total. The number of hydrogen-bond acceptors (Lipinski definition) is 5. The standard InChI is InChI=1S/C17H20N2O3S/c1-14-2-8-17(9-3-14)23(20,21)22-16-6-4-15(5-7-16)19-12-10-18-11-13-19/h2-9,18H,10-13H2,1H3. The highest BCUT2D eigenvalue weighted by atomic mass is 32.2. The molecule has 1 aliphatic rings. The molecule has 6 heteroatoms. The highest BCUT2D eigenvalue weighted by Gasteiger charge is 2.17. The van der Waals surface area contributed by atoms with Crippen molar-refractivity contribution in [3.05, 3.63) is 54.1 Å². The first kappa shape index (κ1) is 15.8. The van der Waals surface area contributed by atoms with Crippen LogP contribution in [-0.4, -0.2) is 34.6 Å². The van der Waals surface area contributed by atoms with Gasteiger partial charge in [-0.15, -0.1) is 0 Å². The van der Waals surface area contributed by atoms with Crippen molar-refractivity contribution >= 4 is 15.8 Å². The van der Waals surface area contributed by atoms with Crippen LogP contribution in [-0.2, 0) is 10.1 Å². The molecule has 3 rings (SSSR count). The first-order valence-electron chi connectivity index (χ1n) is 7.61. The molecule has 5 nitrogen and oxygen atoms in total. The van der Waals surface area contributed by atoms with Gasteiger partial charge in [0.1, 0.15) is 10.6 Å². The van der Waals surface area contributed by atoms with Crippen molar-refractivity contribution in [1.82, 2.24) is 5.32 Å². The molecule has 0 radical (unpaired) electrons. The molecule has 122 valence electrons. The Morgan fingerprint density at radius 3 is 2.17 bits per heavy atom. The first-order valence-corrected chi connectivity index (χ1v) is 9.02. The summed E-state index contributed by atoms with van der Waals surface area (Å²) in [6, 6.07) is 13.8. The Morgan fingerprint density at radius 2 is 1.57 bits per heavy atom. The summed E-state index contributed by atoms with van der Waals surface area (Å²) in [6.45, 7) is 5.72. The van der Waals surface area contributed by atoms with Gasteiger partial charge in [0, 0.05) is 31.9 Å². The third-order valence-electron chi connectivity index (χ3n) is 3.83. The van der Waals surface area contributed by atoms with Gasteiger partial charge in [0.2, 0.25) is 0 Å². The van der Waals surface area contributed by atoms with Crippen LogP contribution < -0.4 is 14.4 Å². The van der Waals surface area contributed by atoms with E-state index in [1.165, 1.54) is 0 Å². The summed E-state index contributed by atoms with van der Waals surface area (Å²) in [5, 5.41) is 3.30. The Hall–Kier alpha value is -2.05. The van der Waals surface area contributed by atoms with Crippen molar-refractivity contribution in [3.63, 3.8) is 0 Å². The van der Waals surface area contributed by atoms with E-state index in [1.807, 2.05) is 19.1 Å². The highest BCUT2D eigenvalue weighted by molar-refractivity contribution is 7.87. The Kier molecular flexibility index (Phi) is 4.54. The van der Waals surface area contributed by atoms with E-state index < -0.39 is 10.1 Å². The second-order valence-corrected chi connectivity index (χ2v) is 7.13. The lowest BCUT2D eigenvalue weighted by Gasteiger charge is -2.29. The molecule has 0 spiro atoms. The van der Waals surface area contributed by atoms with Crippen LogP contribution >= 0.6 is 0 Å². The molecule has 0 bridgehead atoms. The number of nitrogens with zero attached hydrogens (tertiary/aromatic N) is 1. The number of rotatable bonds is 4. The van der Waals surface area contributed by atoms with Crippen LogP contribution in [0, 0.1) is 6.92 Å². The summed E-state index contributed by atoms with van der Waals surface area (Å²) in [7, 11) is -3.79. The molecule has 2 aromatic carbocycles. The first-order chi connectivity index (χ1) is 11.0. The monoisotopic (exact) mass is 332 g/mol. The molecule has 1 saturated heterocycles. The van der Waals surface area contributed by atoms with Crippen LogP contribution in [0.3, 0.4) is 0 Å². The maximum atomic E-state index is 12.3. The van der Waals surface area contributed by atoms with Crippen molar-refractivity contribution in [2.75, 3.05) is 31.1 Å². The topological polar surface area (TPSA) is 58.6 Å². The molecule has 0 amide bonds. The van der Waals surface area contributed by atoms with E-state index in [9.17, 15) is 8.42 Å². The van der Waals surface area contributed by atoms with Gasteiger partial charge in [-0.2, -0.15) is 8.42 Å². The number of hydrogen-bond donors (Lipinski definition) is 1. The Morgan fingerprint density at radius 1 is 0.957 bits per heavy atom. The number of piperazine rings is 1. The van der Waals surface area contributed by atoms with Crippen LogP contribution in [0.1, 0.15) is 5.56 Å². The SMILES string of the molecule is Cc1ccc(S(=O)(=O)Oc2ccc(N3CCNCC3)cc2)cc1. The molecule has 1 heterocycles. The Labute approximate surface area is 137 Å². The quantitative estimate of drug-likeness (QED) is 0.870. The zero-order valence-electron chi connectivity index (χ0n) is 13.0. The molecule has 2 aromatic rings. The summed E-state index contributed by atoms with van der Waals surface area (Å²) in [5.74, 6) is 0.324. The van der Waals surface area contributed by atoms with Gasteiger partial charge in [0.15, 0.2) is 0 Å². The smallest absolute Gasteiger partial charge is 0.339 e. The number of nitrogens with one attached hydrogen (secondary N) is 1. The van der Waals surface area contributed by atoms with Crippen molar-refractivity contribution in [2.45, 2.75) is 11.8 Å².